The Kier molecular flexibility index (Phi) is 2.27. The van der Waals surface area contributed by atoms with Crippen molar-refractivity contribution in [2.24, 2.45) is 0 Å². The summed E-state index contributed by atoms with van der Waals surface area (Å²) in [4.78, 5) is 7.53. The van der Waals surface area contributed by atoms with Crippen LogP contribution in [0, 0.1) is 0 Å². The number of halogens is 1. The standard InChI is InChI=1S/Al.FH2O3P.2H/c;1-5(2,3)4;;/h;(H2,2,3,4);;/q+1;;;/p-1. The third kappa shape index (κ3) is 4.61. The number of hydrogen-bond acceptors (Lipinski definition) is 2. The second-order valence-corrected chi connectivity index (χ2v) is 3.00. The molecule has 3 nitrogen and oxygen atoms in total. The molecule has 0 aliphatic rings. The zero-order chi connectivity index (χ0) is 5.21. The van der Waals surface area contributed by atoms with Gasteiger partial charge in [-0.05, 0) is 0 Å². The van der Waals surface area contributed by atoms with Gasteiger partial charge in [-0.2, -0.15) is 0 Å². The topological polar surface area (TPSA) is 46.5 Å². The molecule has 0 saturated carbocycles. The molecule has 0 aromatic carbocycles. The minimum atomic E-state index is -4.58. The molecular weight excluding hydrogens is 125 g/mol. The van der Waals surface area contributed by atoms with Crippen molar-refractivity contribution in [2.75, 3.05) is 0 Å². The molecular formula is H3AlFO3P. The van der Waals surface area contributed by atoms with Gasteiger partial charge >= 0.3 is 24.5 Å². The highest BCUT2D eigenvalue weighted by molar-refractivity contribution is 7.47. The summed E-state index contributed by atoms with van der Waals surface area (Å²) in [6.45, 7) is 0. The van der Waals surface area contributed by atoms with Crippen LogP contribution in [-0.2, 0) is 8.14 Å². The van der Waals surface area contributed by atoms with Crippen LogP contribution in [0.3, 0.4) is 0 Å². The lowest BCUT2D eigenvalue weighted by molar-refractivity contribution is 0.341. The van der Waals surface area contributed by atoms with Crippen molar-refractivity contribution >= 4 is 24.5 Å². The van der Waals surface area contributed by atoms with Gasteiger partial charge in [0, 0.05) is 0 Å². The maximum atomic E-state index is 11.0. The molecule has 0 radical (unpaired) electrons. The van der Waals surface area contributed by atoms with Crippen molar-refractivity contribution in [2.45, 2.75) is 0 Å². The Balaban J connectivity index is 3.48. The van der Waals surface area contributed by atoms with Crippen LogP contribution < -0.4 is 0 Å². The summed E-state index contributed by atoms with van der Waals surface area (Å²) in [7, 11) is -4.58. The Morgan fingerprint density at radius 3 is 2.17 bits per heavy atom. The zero-order valence-corrected chi connectivity index (χ0v) is 5.98. The van der Waals surface area contributed by atoms with Crippen LogP contribution in [0.15, 0.2) is 0 Å². The molecule has 1 N–H and O–H groups in total. The molecule has 0 aromatic rings. The molecule has 6 heteroatoms. The minimum absolute atomic E-state index is 0.0401. The fourth-order valence-electron chi connectivity index (χ4n) is 0. The summed E-state index contributed by atoms with van der Waals surface area (Å²) in [5.74, 6) is 0. The number of hydrogen-bond donors (Lipinski definition) is 1. The molecule has 1 unspecified atom stereocenters. The van der Waals surface area contributed by atoms with Crippen LogP contribution in [0.4, 0.5) is 4.20 Å². The molecule has 0 aliphatic carbocycles. The van der Waals surface area contributed by atoms with Crippen molar-refractivity contribution in [1.82, 2.24) is 0 Å². The second kappa shape index (κ2) is 2.06. The van der Waals surface area contributed by atoms with E-state index in [2.05, 4.69) is 3.58 Å². The van der Waals surface area contributed by atoms with Gasteiger partial charge < -0.3 is 8.47 Å². The third-order valence-electron chi connectivity index (χ3n) is 0.225. The maximum Gasteiger partial charge on any atom is 0.482 e. The van der Waals surface area contributed by atoms with Gasteiger partial charge in [-0.15, -0.1) is 4.20 Å². The van der Waals surface area contributed by atoms with Gasteiger partial charge in [-0.3, -0.25) is 0 Å². The maximum absolute atomic E-state index is 11.0. The van der Waals surface area contributed by atoms with E-state index in [1.165, 1.54) is 0 Å². The Hall–Kier alpha value is 0.612. The Morgan fingerprint density at radius 2 is 2.17 bits per heavy atom. The predicted molar refractivity (Wildman–Crippen MR) is 20.6 cm³/mol. The first-order valence-corrected chi connectivity index (χ1v) is 3.43. The monoisotopic (exact) mass is 128 g/mol. The fourth-order valence-corrected chi connectivity index (χ4v) is 0. The Morgan fingerprint density at radius 1 is 2.00 bits per heavy atom. The molecule has 0 aromatic heterocycles. The van der Waals surface area contributed by atoms with Gasteiger partial charge in [-0.1, -0.05) is 0 Å². The quantitative estimate of drug-likeness (QED) is 0.386. The van der Waals surface area contributed by atoms with Crippen LogP contribution in [0.25, 0.3) is 0 Å². The zero-order valence-electron chi connectivity index (χ0n) is 3.09. The summed E-state index contributed by atoms with van der Waals surface area (Å²) in [6.07, 6.45) is 0. The lowest BCUT2D eigenvalue weighted by Gasteiger charge is -1.92. The van der Waals surface area contributed by atoms with Crippen molar-refractivity contribution in [3.05, 3.63) is 0 Å². The first-order chi connectivity index (χ1) is 2.56. The van der Waals surface area contributed by atoms with E-state index in [-0.39, 0.29) is 16.6 Å². The SMILES string of the molecule is O=P(O)(F)[O][AlH2]. The number of rotatable bonds is 1. The molecule has 0 amide bonds. The van der Waals surface area contributed by atoms with E-state index in [0.29, 0.717) is 0 Å². The summed E-state index contributed by atoms with van der Waals surface area (Å²) in [5, 5.41) is 0. The van der Waals surface area contributed by atoms with E-state index < -0.39 is 7.91 Å². The molecule has 6 heavy (non-hydrogen) atoms. The molecule has 0 fully saturated rings. The fraction of sp³-hybridized carbons (Fsp3) is 0. The largest absolute Gasteiger partial charge is 0.482 e. The summed E-state index contributed by atoms with van der Waals surface area (Å²) in [5.41, 5.74) is 0. The van der Waals surface area contributed by atoms with Gasteiger partial charge in [0.15, 0.2) is 0 Å². The van der Waals surface area contributed by atoms with E-state index in [9.17, 15) is 8.76 Å². The minimum Gasteiger partial charge on any atom is -0.420 e. The van der Waals surface area contributed by atoms with Gasteiger partial charge in [0.1, 0.15) is 0 Å². The van der Waals surface area contributed by atoms with Crippen molar-refractivity contribution < 1.29 is 17.2 Å². The Bertz CT molecular complexity index is 74.9. The van der Waals surface area contributed by atoms with Crippen molar-refractivity contribution in [3.8, 4) is 0 Å². The Labute approximate surface area is 42.5 Å². The van der Waals surface area contributed by atoms with Crippen LogP contribution >= 0.6 is 7.91 Å². The molecule has 0 heterocycles. The van der Waals surface area contributed by atoms with E-state index in [0.717, 1.165) is 0 Å². The van der Waals surface area contributed by atoms with Crippen LogP contribution in [0.1, 0.15) is 0 Å². The molecule has 0 saturated heterocycles. The van der Waals surface area contributed by atoms with Gasteiger partial charge in [0.25, 0.3) is 0 Å². The smallest absolute Gasteiger partial charge is 0.420 e. The molecule has 0 rings (SSSR count). The average molecular weight is 128 g/mol. The molecule has 0 bridgehead atoms. The van der Waals surface area contributed by atoms with Gasteiger partial charge in [0.05, 0.1) is 0 Å². The van der Waals surface area contributed by atoms with E-state index in [1.807, 2.05) is 0 Å². The first-order valence-electron chi connectivity index (χ1n) is 1.14. The predicted octanol–water partition coefficient (Wildman–Crippen LogP) is -0.379. The third-order valence-corrected chi connectivity index (χ3v) is 2.03. The second-order valence-electron chi connectivity index (χ2n) is 0.634. The molecule has 1 atom stereocenters. The lowest BCUT2D eigenvalue weighted by Crippen LogP contribution is -1.72. The average Bonchev–Trinajstić information content (AvgIpc) is 1.35. The molecule has 0 spiro atoms. The summed E-state index contributed by atoms with van der Waals surface area (Å²) in [6, 6.07) is 0. The highest BCUT2D eigenvalue weighted by atomic mass is 31.2. The van der Waals surface area contributed by atoms with Gasteiger partial charge in [0.2, 0.25) is 0 Å². The van der Waals surface area contributed by atoms with Crippen LogP contribution in [-0.4, -0.2) is 21.5 Å². The normalized spacial score (nSPS) is 19.7. The lowest BCUT2D eigenvalue weighted by atomic mass is 15.8. The summed E-state index contributed by atoms with van der Waals surface area (Å²) >= 11 is -0.0401. The first kappa shape index (κ1) is 6.61. The molecule has 0 aliphatic heterocycles. The van der Waals surface area contributed by atoms with Crippen molar-refractivity contribution in [1.29, 1.82) is 0 Å². The highest BCUT2D eigenvalue weighted by Crippen LogP contribution is 2.41. The molecule has 36 valence electrons. The van der Waals surface area contributed by atoms with Crippen molar-refractivity contribution in [3.63, 3.8) is 0 Å². The van der Waals surface area contributed by atoms with Crippen LogP contribution in [0.2, 0.25) is 0 Å². The van der Waals surface area contributed by atoms with Crippen LogP contribution in [0.5, 0.6) is 0 Å². The summed E-state index contributed by atoms with van der Waals surface area (Å²) < 4.78 is 23.8. The van der Waals surface area contributed by atoms with Gasteiger partial charge in [-0.25, -0.2) is 4.57 Å². The highest BCUT2D eigenvalue weighted by Gasteiger charge is 2.09. The van der Waals surface area contributed by atoms with E-state index >= 15 is 0 Å². The van der Waals surface area contributed by atoms with E-state index in [4.69, 9.17) is 4.89 Å². The van der Waals surface area contributed by atoms with E-state index in [1.54, 1.807) is 0 Å².